The number of aromatic nitrogens is 2. The molecule has 1 aromatic heterocycles. The van der Waals surface area contributed by atoms with Gasteiger partial charge in [-0.15, -0.1) is 0 Å². The topological polar surface area (TPSA) is 168 Å². The van der Waals surface area contributed by atoms with Crippen molar-refractivity contribution in [1.82, 2.24) is 9.55 Å². The van der Waals surface area contributed by atoms with Gasteiger partial charge < -0.3 is 30.9 Å². The molecule has 0 spiro atoms. The number of rotatable bonds is 5. The second kappa shape index (κ2) is 7.18. The highest BCUT2D eigenvalue weighted by atomic mass is 16.6. The van der Waals surface area contributed by atoms with Gasteiger partial charge in [-0.25, -0.2) is 4.79 Å². The summed E-state index contributed by atoms with van der Waals surface area (Å²) < 4.78 is 6.18. The van der Waals surface area contributed by atoms with E-state index in [1.54, 1.807) is 18.2 Å². The van der Waals surface area contributed by atoms with Crippen molar-refractivity contribution in [3.05, 3.63) is 58.1 Å². The van der Waals surface area contributed by atoms with Gasteiger partial charge in [-0.3, -0.25) is 9.36 Å². The summed E-state index contributed by atoms with van der Waals surface area (Å²) in [5.41, 5.74) is 2.15. The third-order valence-corrected chi connectivity index (χ3v) is 4.55. The van der Waals surface area contributed by atoms with Crippen LogP contribution in [0.3, 0.4) is 0 Å². The number of ketones is 1. The lowest BCUT2D eigenvalue weighted by Crippen LogP contribution is -2.54. The minimum atomic E-state index is -2.58. The molecule has 1 aliphatic heterocycles. The largest absolute Gasteiger partial charge is 0.394 e. The van der Waals surface area contributed by atoms with E-state index in [0.29, 0.717) is 0 Å². The van der Waals surface area contributed by atoms with Crippen LogP contribution in [0.1, 0.15) is 22.1 Å². The second-order valence-corrected chi connectivity index (χ2v) is 6.17. The molecule has 1 saturated heterocycles. The van der Waals surface area contributed by atoms with E-state index >= 15 is 0 Å². The zero-order valence-electron chi connectivity index (χ0n) is 14.1. The van der Waals surface area contributed by atoms with Crippen molar-refractivity contribution in [2.24, 2.45) is 0 Å². The predicted octanol–water partition coefficient (Wildman–Crippen LogP) is -1.82. The Balaban J connectivity index is 2.15. The zero-order valence-corrected chi connectivity index (χ0v) is 14.1. The van der Waals surface area contributed by atoms with Crippen molar-refractivity contribution in [3.63, 3.8) is 0 Å². The molecule has 144 valence electrons. The van der Waals surface area contributed by atoms with Crippen molar-refractivity contribution in [2.45, 2.75) is 30.6 Å². The number of hydrogen-bond donors (Lipinski definition) is 5. The van der Waals surface area contributed by atoms with Crippen molar-refractivity contribution < 1.29 is 30.0 Å². The molecule has 0 bridgehead atoms. The van der Waals surface area contributed by atoms with Gasteiger partial charge in [0.05, 0.1) is 13.2 Å². The molecule has 2 heterocycles. The summed E-state index contributed by atoms with van der Waals surface area (Å²) >= 11 is 0. The third-order valence-electron chi connectivity index (χ3n) is 4.55. The molecule has 1 fully saturated rings. The number of aliphatic hydroxyl groups excluding tert-OH is 3. The van der Waals surface area contributed by atoms with E-state index in [-0.39, 0.29) is 16.9 Å². The van der Waals surface area contributed by atoms with Gasteiger partial charge in [-0.1, -0.05) is 30.3 Å². The Morgan fingerprint density at radius 1 is 1.30 bits per heavy atom. The van der Waals surface area contributed by atoms with Gasteiger partial charge in [0.15, 0.2) is 6.23 Å². The van der Waals surface area contributed by atoms with Gasteiger partial charge in [0.1, 0.15) is 18.0 Å². The van der Waals surface area contributed by atoms with Crippen LogP contribution >= 0.6 is 0 Å². The average Bonchev–Trinajstić information content (AvgIpc) is 2.94. The van der Waals surface area contributed by atoms with Crippen LogP contribution in [-0.4, -0.2) is 60.2 Å². The number of nitrogens with two attached hydrogens (primary N) is 1. The third kappa shape index (κ3) is 3.03. The summed E-state index contributed by atoms with van der Waals surface area (Å²) in [6, 6.07) is 7.66. The molecule has 0 unspecified atom stereocenters. The van der Waals surface area contributed by atoms with E-state index in [0.717, 1.165) is 10.8 Å². The lowest BCUT2D eigenvalue weighted by Gasteiger charge is -2.30. The molecule has 3 rings (SSSR count). The first-order valence-electron chi connectivity index (χ1n) is 8.09. The van der Waals surface area contributed by atoms with Crippen LogP contribution in [0.2, 0.25) is 0 Å². The molecule has 27 heavy (non-hydrogen) atoms. The summed E-state index contributed by atoms with van der Waals surface area (Å²) in [5.74, 6) is -1.11. The number of nitrogens with zero attached hydrogens (tertiary/aromatic N) is 2. The maximum absolute atomic E-state index is 13.0. The van der Waals surface area contributed by atoms with E-state index in [2.05, 4.69) is 4.98 Å². The Kier molecular flexibility index (Phi) is 5.09. The van der Waals surface area contributed by atoms with Gasteiger partial charge >= 0.3 is 5.69 Å². The molecule has 0 radical (unpaired) electrons. The molecular weight excluding hydrogens is 358 g/mol. The molecule has 4 atom stereocenters. The molecule has 1 aromatic carbocycles. The number of aliphatic hydroxyl groups is 4. The van der Waals surface area contributed by atoms with Crippen molar-refractivity contribution in [1.29, 1.82) is 0 Å². The zero-order chi connectivity index (χ0) is 19.8. The fourth-order valence-corrected chi connectivity index (χ4v) is 3.07. The maximum atomic E-state index is 13.0. The number of ether oxygens (including phenoxy) is 1. The summed E-state index contributed by atoms with van der Waals surface area (Å²) in [7, 11) is 0. The van der Waals surface area contributed by atoms with E-state index in [1.807, 2.05) is 0 Å². The number of anilines is 1. The highest BCUT2D eigenvalue weighted by Gasteiger charge is 2.61. The minimum Gasteiger partial charge on any atom is -0.394 e. The summed E-state index contributed by atoms with van der Waals surface area (Å²) in [5, 5.41) is 40.4. The molecule has 0 amide bonds. The van der Waals surface area contributed by atoms with Crippen LogP contribution in [-0.2, 0) is 11.3 Å². The standard InChI is InChI=1S/C17H19N3O7/c18-14-10(7-21)6-20(16(25)19-14)15-17(26,13(24)11(8-22)27-15)12(23)9-4-2-1-3-5-9/h1-6,11,13,15,21-22,24,26H,7-8H2,(H2,18,19,25)/t11-,13-,15-,17+/m1/s1. The molecule has 10 nitrogen and oxygen atoms in total. The Bertz CT molecular complexity index is 901. The van der Waals surface area contributed by atoms with Gasteiger partial charge in [0, 0.05) is 17.3 Å². The van der Waals surface area contributed by atoms with Crippen LogP contribution in [0, 0.1) is 0 Å². The summed E-state index contributed by atoms with van der Waals surface area (Å²) in [4.78, 5) is 28.8. The van der Waals surface area contributed by atoms with Crippen LogP contribution < -0.4 is 11.4 Å². The van der Waals surface area contributed by atoms with Gasteiger partial charge in [-0.2, -0.15) is 4.98 Å². The Morgan fingerprint density at radius 2 is 1.96 bits per heavy atom. The second-order valence-electron chi connectivity index (χ2n) is 6.17. The van der Waals surface area contributed by atoms with E-state index < -0.39 is 48.7 Å². The van der Waals surface area contributed by atoms with Crippen LogP contribution in [0.4, 0.5) is 5.82 Å². The van der Waals surface area contributed by atoms with Crippen molar-refractivity contribution >= 4 is 11.6 Å². The lowest BCUT2D eigenvalue weighted by molar-refractivity contribution is -0.0860. The molecule has 2 aromatic rings. The van der Waals surface area contributed by atoms with Crippen LogP contribution in [0.25, 0.3) is 0 Å². The SMILES string of the molecule is Nc1nc(=O)n([C@@H]2O[C@H](CO)[C@@H](O)[C@@]2(O)C(=O)c2ccccc2)cc1CO. The van der Waals surface area contributed by atoms with E-state index in [4.69, 9.17) is 10.5 Å². The number of carbonyl (C=O) groups excluding carboxylic acids is 1. The fraction of sp³-hybridized carbons (Fsp3) is 0.353. The number of hydrogen-bond acceptors (Lipinski definition) is 9. The lowest BCUT2D eigenvalue weighted by atomic mass is 9.85. The molecular formula is C17H19N3O7. The first kappa shape index (κ1) is 19.1. The van der Waals surface area contributed by atoms with Crippen LogP contribution in [0.5, 0.6) is 0 Å². The predicted molar refractivity (Wildman–Crippen MR) is 91.6 cm³/mol. The Morgan fingerprint density at radius 3 is 2.56 bits per heavy atom. The smallest absolute Gasteiger partial charge is 0.351 e. The Labute approximate surface area is 153 Å². The van der Waals surface area contributed by atoms with Crippen LogP contribution in [0.15, 0.2) is 41.3 Å². The fourth-order valence-electron chi connectivity index (χ4n) is 3.07. The van der Waals surface area contributed by atoms with Crippen molar-refractivity contribution in [3.8, 4) is 0 Å². The first-order valence-corrected chi connectivity index (χ1v) is 8.09. The quantitative estimate of drug-likeness (QED) is 0.377. The number of nitrogen functional groups attached to an aromatic ring is 1. The highest BCUT2D eigenvalue weighted by Crippen LogP contribution is 2.40. The summed E-state index contributed by atoms with van der Waals surface area (Å²) in [6.45, 7) is -1.26. The number of Topliss-reactive ketones (excluding diaryl/α,β-unsaturated/α-hetero) is 1. The van der Waals surface area contributed by atoms with E-state index in [9.17, 15) is 30.0 Å². The molecule has 0 aliphatic carbocycles. The first-order chi connectivity index (χ1) is 12.8. The maximum Gasteiger partial charge on any atom is 0.351 e. The molecule has 1 aliphatic rings. The van der Waals surface area contributed by atoms with E-state index in [1.165, 1.54) is 12.1 Å². The molecule has 6 N–H and O–H groups in total. The monoisotopic (exact) mass is 377 g/mol. The Hall–Kier alpha value is -2.63. The molecule has 10 heteroatoms. The summed E-state index contributed by atoms with van der Waals surface area (Å²) in [6.07, 6.45) is -3.74. The van der Waals surface area contributed by atoms with Gasteiger partial charge in [0.25, 0.3) is 0 Å². The van der Waals surface area contributed by atoms with Gasteiger partial charge in [0.2, 0.25) is 11.4 Å². The highest BCUT2D eigenvalue weighted by molar-refractivity contribution is 6.03. The number of benzene rings is 1. The average molecular weight is 377 g/mol. The molecule has 0 saturated carbocycles. The normalized spacial score (nSPS) is 27.6. The van der Waals surface area contributed by atoms with Gasteiger partial charge in [-0.05, 0) is 0 Å². The minimum absolute atomic E-state index is 0.0645. The van der Waals surface area contributed by atoms with Crippen molar-refractivity contribution in [2.75, 3.05) is 12.3 Å². The number of carbonyl (C=O) groups is 1.